The summed E-state index contributed by atoms with van der Waals surface area (Å²) in [7, 11) is 0. The van der Waals surface area contributed by atoms with E-state index in [4.69, 9.17) is 5.11 Å². The van der Waals surface area contributed by atoms with Gasteiger partial charge in [0.25, 0.3) is 0 Å². The van der Waals surface area contributed by atoms with Gasteiger partial charge in [0, 0.05) is 0 Å². The number of nitrogens with one attached hydrogen (secondary N) is 1. The maximum atomic E-state index is 12.5. The number of carbonyl (C=O) groups is 1. The molecule has 0 aliphatic carbocycles. The molecule has 13 heavy (non-hydrogen) atoms. The van der Waals surface area contributed by atoms with Crippen LogP contribution in [0.25, 0.3) is 0 Å². The van der Waals surface area contributed by atoms with Gasteiger partial charge in [-0.1, -0.05) is 6.07 Å². The molecular formula is C8H9FN2O2. The van der Waals surface area contributed by atoms with Gasteiger partial charge in [0.15, 0.2) is 0 Å². The van der Waals surface area contributed by atoms with E-state index in [0.717, 1.165) is 0 Å². The molecule has 0 bridgehead atoms. The second kappa shape index (κ2) is 3.84. The molecule has 1 unspecified atom stereocenters. The number of nitrogens with zero attached hydrogens (tertiary/aromatic N) is 1. The van der Waals surface area contributed by atoms with Crippen LogP contribution in [0, 0.1) is 5.95 Å². The third kappa shape index (κ3) is 2.70. The Labute approximate surface area is 74.4 Å². The molecule has 2 N–H and O–H groups in total. The summed E-state index contributed by atoms with van der Waals surface area (Å²) >= 11 is 0. The van der Waals surface area contributed by atoms with Crippen LogP contribution in [0.5, 0.6) is 0 Å². The molecule has 1 rings (SSSR count). The molecular weight excluding hydrogens is 175 g/mol. The summed E-state index contributed by atoms with van der Waals surface area (Å²) in [6.07, 6.45) is 0. The third-order valence-electron chi connectivity index (χ3n) is 1.45. The molecule has 1 aromatic rings. The van der Waals surface area contributed by atoms with E-state index >= 15 is 0 Å². The van der Waals surface area contributed by atoms with Crippen molar-refractivity contribution in [2.24, 2.45) is 0 Å². The monoisotopic (exact) mass is 184 g/mol. The molecule has 1 aromatic heterocycles. The van der Waals surface area contributed by atoms with Crippen LogP contribution in [-0.4, -0.2) is 22.1 Å². The van der Waals surface area contributed by atoms with Crippen molar-refractivity contribution >= 4 is 11.8 Å². The van der Waals surface area contributed by atoms with E-state index in [1.165, 1.54) is 25.1 Å². The fourth-order valence-corrected chi connectivity index (χ4v) is 0.772. The van der Waals surface area contributed by atoms with Gasteiger partial charge in [-0.3, -0.25) is 4.79 Å². The molecule has 0 saturated carbocycles. The van der Waals surface area contributed by atoms with E-state index in [1.54, 1.807) is 0 Å². The van der Waals surface area contributed by atoms with Gasteiger partial charge in [-0.05, 0) is 19.1 Å². The summed E-state index contributed by atoms with van der Waals surface area (Å²) in [4.78, 5) is 13.9. The van der Waals surface area contributed by atoms with E-state index in [-0.39, 0.29) is 5.82 Å². The largest absolute Gasteiger partial charge is 0.480 e. The highest BCUT2D eigenvalue weighted by molar-refractivity contribution is 5.76. The maximum absolute atomic E-state index is 12.5. The molecule has 1 heterocycles. The first-order valence-corrected chi connectivity index (χ1v) is 3.71. The van der Waals surface area contributed by atoms with E-state index in [0.29, 0.717) is 0 Å². The highest BCUT2D eigenvalue weighted by Crippen LogP contribution is 2.04. The fourth-order valence-electron chi connectivity index (χ4n) is 0.772. The molecule has 0 fully saturated rings. The molecule has 0 aliphatic heterocycles. The Morgan fingerprint density at radius 2 is 2.38 bits per heavy atom. The minimum Gasteiger partial charge on any atom is -0.480 e. The topological polar surface area (TPSA) is 62.2 Å². The van der Waals surface area contributed by atoms with Crippen molar-refractivity contribution in [1.29, 1.82) is 0 Å². The molecule has 0 saturated heterocycles. The van der Waals surface area contributed by atoms with Gasteiger partial charge < -0.3 is 10.4 Å². The summed E-state index contributed by atoms with van der Waals surface area (Å²) in [5, 5.41) is 11.1. The lowest BCUT2D eigenvalue weighted by Crippen LogP contribution is -2.25. The highest BCUT2D eigenvalue weighted by atomic mass is 19.1. The van der Waals surface area contributed by atoms with Crippen molar-refractivity contribution in [1.82, 2.24) is 4.98 Å². The first kappa shape index (κ1) is 9.44. The van der Waals surface area contributed by atoms with Gasteiger partial charge in [0.05, 0.1) is 0 Å². The normalized spacial score (nSPS) is 12.2. The van der Waals surface area contributed by atoms with Crippen LogP contribution in [0.15, 0.2) is 18.2 Å². The lowest BCUT2D eigenvalue weighted by molar-refractivity contribution is -0.137. The number of aliphatic carboxylic acids is 1. The molecule has 4 nitrogen and oxygen atoms in total. The predicted octanol–water partition coefficient (Wildman–Crippen LogP) is 1.11. The van der Waals surface area contributed by atoms with Crippen LogP contribution < -0.4 is 5.32 Å². The van der Waals surface area contributed by atoms with Crippen LogP contribution in [-0.2, 0) is 4.79 Å². The van der Waals surface area contributed by atoms with Crippen molar-refractivity contribution in [3.05, 3.63) is 24.1 Å². The van der Waals surface area contributed by atoms with Crippen LogP contribution in [0.2, 0.25) is 0 Å². The number of anilines is 1. The number of carboxylic acids is 1. The average molecular weight is 184 g/mol. The molecule has 70 valence electrons. The summed E-state index contributed by atoms with van der Waals surface area (Å²) in [5.74, 6) is -1.43. The quantitative estimate of drug-likeness (QED) is 0.690. The third-order valence-corrected chi connectivity index (χ3v) is 1.45. The van der Waals surface area contributed by atoms with Crippen molar-refractivity contribution in [3.8, 4) is 0 Å². The van der Waals surface area contributed by atoms with Gasteiger partial charge in [-0.2, -0.15) is 4.39 Å². The van der Waals surface area contributed by atoms with Gasteiger partial charge in [0.2, 0.25) is 5.95 Å². The Kier molecular flexibility index (Phi) is 2.79. The fraction of sp³-hybridized carbons (Fsp3) is 0.250. The molecule has 0 aliphatic rings. The van der Waals surface area contributed by atoms with Crippen molar-refractivity contribution in [2.75, 3.05) is 5.32 Å². The van der Waals surface area contributed by atoms with Gasteiger partial charge in [-0.25, -0.2) is 4.98 Å². The molecule has 5 heteroatoms. The Balaban J connectivity index is 2.69. The summed E-state index contributed by atoms with van der Waals surface area (Å²) in [6, 6.07) is 3.37. The molecule has 0 radical (unpaired) electrons. The standard InChI is InChI=1S/C8H9FN2O2/c1-5(8(12)13)10-7-4-2-3-6(9)11-7/h2-5H,1H3,(H,10,11)(H,12,13). The van der Waals surface area contributed by atoms with Crippen LogP contribution in [0.1, 0.15) is 6.92 Å². The van der Waals surface area contributed by atoms with Gasteiger partial charge in [-0.15, -0.1) is 0 Å². The lowest BCUT2D eigenvalue weighted by atomic mass is 10.3. The Morgan fingerprint density at radius 3 is 2.92 bits per heavy atom. The smallest absolute Gasteiger partial charge is 0.325 e. The van der Waals surface area contributed by atoms with E-state index in [9.17, 15) is 9.18 Å². The number of halogens is 1. The molecule has 0 aromatic carbocycles. The van der Waals surface area contributed by atoms with E-state index in [2.05, 4.69) is 10.3 Å². The lowest BCUT2D eigenvalue weighted by Gasteiger charge is -2.08. The maximum Gasteiger partial charge on any atom is 0.325 e. The van der Waals surface area contributed by atoms with Crippen LogP contribution >= 0.6 is 0 Å². The van der Waals surface area contributed by atoms with Crippen LogP contribution in [0.4, 0.5) is 10.2 Å². The number of aromatic nitrogens is 1. The number of hydrogen-bond donors (Lipinski definition) is 2. The zero-order valence-corrected chi connectivity index (χ0v) is 6.99. The molecule has 0 amide bonds. The zero-order chi connectivity index (χ0) is 9.84. The van der Waals surface area contributed by atoms with Crippen molar-refractivity contribution in [2.45, 2.75) is 13.0 Å². The Hall–Kier alpha value is -1.65. The SMILES string of the molecule is CC(Nc1cccc(F)n1)C(=O)O. The van der Waals surface area contributed by atoms with E-state index < -0.39 is 18.0 Å². The van der Waals surface area contributed by atoms with Crippen molar-refractivity contribution in [3.63, 3.8) is 0 Å². The first-order valence-electron chi connectivity index (χ1n) is 3.71. The minimum atomic E-state index is -1.01. The number of hydrogen-bond acceptors (Lipinski definition) is 3. The molecule has 1 atom stereocenters. The van der Waals surface area contributed by atoms with Gasteiger partial charge >= 0.3 is 5.97 Å². The van der Waals surface area contributed by atoms with Gasteiger partial charge in [0.1, 0.15) is 11.9 Å². The summed E-state index contributed by atoms with van der Waals surface area (Å²) < 4.78 is 12.5. The van der Waals surface area contributed by atoms with Crippen LogP contribution in [0.3, 0.4) is 0 Å². The zero-order valence-electron chi connectivity index (χ0n) is 6.99. The number of rotatable bonds is 3. The second-order valence-electron chi connectivity index (χ2n) is 2.55. The average Bonchev–Trinajstić information content (AvgIpc) is 2.04. The number of carboxylic acid groups (broad SMARTS) is 1. The number of pyridine rings is 1. The minimum absolute atomic E-state index is 0.218. The first-order chi connectivity index (χ1) is 6.09. The Morgan fingerprint density at radius 1 is 1.69 bits per heavy atom. The molecule has 0 spiro atoms. The summed E-state index contributed by atoms with van der Waals surface area (Å²) in [5.41, 5.74) is 0. The van der Waals surface area contributed by atoms with E-state index in [1.807, 2.05) is 0 Å². The predicted molar refractivity (Wildman–Crippen MR) is 44.9 cm³/mol. The Bertz CT molecular complexity index is 317. The van der Waals surface area contributed by atoms with Crippen molar-refractivity contribution < 1.29 is 14.3 Å². The highest BCUT2D eigenvalue weighted by Gasteiger charge is 2.10. The summed E-state index contributed by atoms with van der Waals surface area (Å²) in [6.45, 7) is 1.45. The second-order valence-corrected chi connectivity index (χ2v) is 2.55.